The maximum absolute atomic E-state index is 7.43. The van der Waals surface area contributed by atoms with Gasteiger partial charge in [0, 0.05) is 0 Å². The third kappa shape index (κ3) is 2.42. The minimum atomic E-state index is -0.903. The molecule has 0 heterocycles. The molecule has 0 aromatic rings. The molecule has 0 atom stereocenters. The molecule has 0 bridgehead atoms. The Kier molecular flexibility index (Phi) is 3.64. The van der Waals surface area contributed by atoms with Crippen molar-refractivity contribution in [2.45, 2.75) is 57.0 Å². The van der Waals surface area contributed by atoms with Gasteiger partial charge in [-0.2, -0.15) is 0 Å². The second-order valence-corrected chi connectivity index (χ2v) is 4.95. The van der Waals surface area contributed by atoms with Gasteiger partial charge in [0.25, 0.3) is 0 Å². The van der Waals surface area contributed by atoms with Gasteiger partial charge in [-0.1, -0.05) is 17.7 Å². The number of allylic oxidation sites excluding steroid dienone is 2. The highest BCUT2D eigenvalue weighted by atomic mass is 15.0. The summed E-state index contributed by atoms with van der Waals surface area (Å²) in [6.07, 6.45) is 12.8. The molecule has 0 aromatic carbocycles. The molecule has 0 fully saturated rings. The molecule has 17 heavy (non-hydrogen) atoms. The topological polar surface area (TPSA) is 8.72 Å². The lowest BCUT2D eigenvalue weighted by molar-refractivity contribution is 0.611. The van der Waals surface area contributed by atoms with Gasteiger partial charge in [-0.05, 0) is 44.9 Å². The van der Waals surface area contributed by atoms with Crippen LogP contribution in [0.15, 0.2) is 23.3 Å². The molecule has 0 unspecified atom stereocenters. The maximum atomic E-state index is 7.43. The normalized spacial score (nSPS) is 20.1. The van der Waals surface area contributed by atoms with Crippen molar-refractivity contribution in [2.75, 3.05) is 0 Å². The molecule has 0 spiro atoms. The van der Waals surface area contributed by atoms with Crippen molar-refractivity contribution in [1.29, 1.82) is 0 Å². The van der Waals surface area contributed by atoms with Crippen LogP contribution in [0, 0.1) is 13.1 Å². The second-order valence-electron chi connectivity index (χ2n) is 4.95. The van der Waals surface area contributed by atoms with Crippen molar-refractivity contribution in [3.8, 4) is 0 Å². The van der Waals surface area contributed by atoms with E-state index in [0.717, 1.165) is 37.7 Å². The Labute approximate surface area is 104 Å². The Hall–Kier alpha value is -1.54. The summed E-state index contributed by atoms with van der Waals surface area (Å²) in [4.78, 5) is 7.40. The largest absolute Gasteiger partial charge is 0.509 e. The van der Waals surface area contributed by atoms with Crippen LogP contribution in [0.3, 0.4) is 0 Å². The van der Waals surface area contributed by atoms with E-state index in [1.165, 1.54) is 18.4 Å². The highest BCUT2D eigenvalue weighted by Gasteiger charge is 2.49. The Morgan fingerprint density at radius 2 is 1.76 bits per heavy atom. The standard InChI is InChI=1S/C15H18N2/c1-16-15(17-2,14-10-6-7-11-14)12-13-8-4-3-5-9-13/h8,10H,3-7,9,11-12H2. The fraction of sp³-hybridized carbons (Fsp3) is 0.600. The Morgan fingerprint density at radius 1 is 1.00 bits per heavy atom. The van der Waals surface area contributed by atoms with Crippen molar-refractivity contribution in [3.05, 3.63) is 46.1 Å². The van der Waals surface area contributed by atoms with Crippen molar-refractivity contribution in [1.82, 2.24) is 0 Å². The van der Waals surface area contributed by atoms with E-state index in [-0.39, 0.29) is 0 Å². The Balaban J connectivity index is 2.20. The second kappa shape index (κ2) is 5.19. The molecule has 2 aliphatic carbocycles. The van der Waals surface area contributed by atoms with Crippen LogP contribution < -0.4 is 0 Å². The van der Waals surface area contributed by atoms with Crippen LogP contribution in [-0.4, -0.2) is 5.66 Å². The van der Waals surface area contributed by atoms with Crippen molar-refractivity contribution in [3.63, 3.8) is 0 Å². The first kappa shape index (κ1) is 11.9. The van der Waals surface area contributed by atoms with E-state index < -0.39 is 5.66 Å². The Bertz CT molecular complexity index is 415. The molecule has 0 amide bonds. The van der Waals surface area contributed by atoms with Crippen LogP contribution in [0.4, 0.5) is 0 Å². The first-order valence-corrected chi connectivity index (χ1v) is 6.45. The van der Waals surface area contributed by atoms with E-state index in [2.05, 4.69) is 21.8 Å². The number of rotatable bonds is 3. The monoisotopic (exact) mass is 226 g/mol. The summed E-state index contributed by atoms with van der Waals surface area (Å²) < 4.78 is 0. The molecule has 0 radical (unpaired) electrons. The van der Waals surface area contributed by atoms with E-state index in [9.17, 15) is 0 Å². The average Bonchev–Trinajstić information content (AvgIpc) is 2.92. The highest BCUT2D eigenvalue weighted by Crippen LogP contribution is 2.39. The van der Waals surface area contributed by atoms with E-state index >= 15 is 0 Å². The molecular formula is C15H18N2. The zero-order chi connectivity index (χ0) is 12.1. The third-order valence-corrected chi connectivity index (χ3v) is 3.78. The van der Waals surface area contributed by atoms with Gasteiger partial charge >= 0.3 is 5.66 Å². The molecule has 88 valence electrons. The van der Waals surface area contributed by atoms with Gasteiger partial charge in [0.05, 0.1) is 5.57 Å². The van der Waals surface area contributed by atoms with Crippen LogP contribution >= 0.6 is 0 Å². The van der Waals surface area contributed by atoms with Gasteiger partial charge in [0.1, 0.15) is 6.42 Å². The average molecular weight is 226 g/mol. The fourth-order valence-electron chi connectivity index (χ4n) is 2.78. The molecule has 0 saturated heterocycles. The van der Waals surface area contributed by atoms with Gasteiger partial charge in [-0.15, -0.1) is 0 Å². The summed E-state index contributed by atoms with van der Waals surface area (Å²) in [7, 11) is 0. The van der Waals surface area contributed by atoms with E-state index in [1.807, 2.05) is 0 Å². The van der Waals surface area contributed by atoms with Gasteiger partial charge in [0.2, 0.25) is 0 Å². The van der Waals surface area contributed by atoms with Crippen LogP contribution in [0.2, 0.25) is 0 Å². The molecule has 2 nitrogen and oxygen atoms in total. The Morgan fingerprint density at radius 3 is 2.29 bits per heavy atom. The molecular weight excluding hydrogens is 208 g/mol. The molecule has 2 rings (SSSR count). The first-order valence-electron chi connectivity index (χ1n) is 6.45. The van der Waals surface area contributed by atoms with Crippen LogP contribution in [0.1, 0.15) is 51.4 Å². The fourth-order valence-corrected chi connectivity index (χ4v) is 2.78. The molecule has 0 saturated carbocycles. The van der Waals surface area contributed by atoms with E-state index in [1.54, 1.807) is 0 Å². The zero-order valence-corrected chi connectivity index (χ0v) is 10.2. The van der Waals surface area contributed by atoms with Gasteiger partial charge in [-0.3, -0.25) is 0 Å². The summed E-state index contributed by atoms with van der Waals surface area (Å²) in [5, 5.41) is 0. The smallest absolute Gasteiger partial charge is 0.226 e. The maximum Gasteiger partial charge on any atom is 0.509 e. The lowest BCUT2D eigenvalue weighted by Crippen LogP contribution is -2.23. The number of hydrogen-bond acceptors (Lipinski definition) is 0. The first-order chi connectivity index (χ1) is 8.30. The lowest BCUT2D eigenvalue weighted by Gasteiger charge is -2.16. The number of hydrogen-bond donors (Lipinski definition) is 0. The van der Waals surface area contributed by atoms with Gasteiger partial charge < -0.3 is 0 Å². The molecule has 0 N–H and O–H groups in total. The van der Waals surface area contributed by atoms with Gasteiger partial charge in [0.15, 0.2) is 0 Å². The van der Waals surface area contributed by atoms with Crippen molar-refractivity contribution < 1.29 is 0 Å². The van der Waals surface area contributed by atoms with Crippen LogP contribution in [0.5, 0.6) is 0 Å². The summed E-state index contributed by atoms with van der Waals surface area (Å²) in [5.41, 5.74) is 1.50. The lowest BCUT2D eigenvalue weighted by atomic mass is 9.87. The van der Waals surface area contributed by atoms with Crippen molar-refractivity contribution in [2.24, 2.45) is 0 Å². The minimum Gasteiger partial charge on any atom is -0.226 e. The van der Waals surface area contributed by atoms with E-state index in [4.69, 9.17) is 13.1 Å². The van der Waals surface area contributed by atoms with Crippen molar-refractivity contribution >= 4 is 0 Å². The minimum absolute atomic E-state index is 0.645. The summed E-state index contributed by atoms with van der Waals surface area (Å²) in [6.45, 7) is 14.9. The molecule has 2 aliphatic rings. The summed E-state index contributed by atoms with van der Waals surface area (Å²) in [6, 6.07) is 0. The zero-order valence-electron chi connectivity index (χ0n) is 10.2. The predicted octanol–water partition coefficient (Wildman–Crippen LogP) is 4.52. The quantitative estimate of drug-likeness (QED) is 0.494. The number of nitrogens with zero attached hydrogens (tertiary/aromatic N) is 2. The third-order valence-electron chi connectivity index (χ3n) is 3.78. The van der Waals surface area contributed by atoms with Crippen LogP contribution in [0.25, 0.3) is 9.69 Å². The molecule has 2 heteroatoms. The van der Waals surface area contributed by atoms with Crippen LogP contribution in [-0.2, 0) is 0 Å². The SMILES string of the molecule is [C-]#[N+]C(CC1=CCCCC1)([N+]#[C-])C1=CCCC1. The summed E-state index contributed by atoms with van der Waals surface area (Å²) >= 11 is 0. The molecule has 0 aromatic heterocycles. The van der Waals surface area contributed by atoms with Gasteiger partial charge in [-0.25, -0.2) is 22.8 Å². The predicted molar refractivity (Wildman–Crippen MR) is 69.0 cm³/mol. The summed E-state index contributed by atoms with van der Waals surface area (Å²) in [5.74, 6) is 0. The highest BCUT2D eigenvalue weighted by molar-refractivity contribution is 5.35. The molecule has 0 aliphatic heterocycles. The van der Waals surface area contributed by atoms with E-state index in [0.29, 0.717) is 6.42 Å².